The first-order valence-corrected chi connectivity index (χ1v) is 8.80. The Bertz CT molecular complexity index is 996. The van der Waals surface area contributed by atoms with Crippen LogP contribution < -0.4 is 4.74 Å². The largest absolute Gasteiger partial charge is 0.496 e. The van der Waals surface area contributed by atoms with Gasteiger partial charge in [0.15, 0.2) is 5.78 Å². The summed E-state index contributed by atoms with van der Waals surface area (Å²) in [6.07, 6.45) is 0. The molecule has 0 spiro atoms. The second-order valence-electron chi connectivity index (χ2n) is 5.20. The van der Waals surface area contributed by atoms with Gasteiger partial charge in [-0.25, -0.2) is 0 Å². The molecule has 6 heteroatoms. The number of fused-ring (bicyclic) bond motifs is 2. The quantitative estimate of drug-likeness (QED) is 0.525. The van der Waals surface area contributed by atoms with Crippen molar-refractivity contribution in [1.82, 2.24) is 0 Å². The second kappa shape index (κ2) is 5.51. The summed E-state index contributed by atoms with van der Waals surface area (Å²) in [7, 11) is 1.46. The normalized spacial score (nSPS) is 12.7. The van der Waals surface area contributed by atoms with Gasteiger partial charge in [0, 0.05) is 11.1 Å². The molecule has 0 saturated carbocycles. The second-order valence-corrected chi connectivity index (χ2v) is 7.20. The number of benzene rings is 1. The molecule has 2 aromatic heterocycles. The highest BCUT2D eigenvalue weighted by Gasteiger charge is 2.35. The predicted molar refractivity (Wildman–Crippen MR) is 91.9 cm³/mol. The number of hydrogen-bond donors (Lipinski definition) is 0. The molecule has 0 saturated heterocycles. The van der Waals surface area contributed by atoms with Crippen molar-refractivity contribution < 1.29 is 19.1 Å². The zero-order chi connectivity index (χ0) is 16.8. The molecule has 4 rings (SSSR count). The van der Waals surface area contributed by atoms with Gasteiger partial charge in [0.1, 0.15) is 5.75 Å². The molecule has 0 amide bonds. The molecule has 2 heterocycles. The van der Waals surface area contributed by atoms with Crippen molar-refractivity contribution in [3.8, 4) is 5.75 Å². The molecule has 3 aromatic rings. The van der Waals surface area contributed by atoms with E-state index in [1.165, 1.54) is 24.5 Å². The lowest BCUT2D eigenvalue weighted by Gasteiger charge is -2.16. The zero-order valence-electron chi connectivity index (χ0n) is 12.5. The Kier molecular flexibility index (Phi) is 3.44. The van der Waals surface area contributed by atoms with Crippen LogP contribution in [-0.2, 0) is 0 Å². The zero-order valence-corrected chi connectivity index (χ0v) is 14.1. The van der Waals surface area contributed by atoms with E-state index < -0.39 is 0 Å². The maximum atomic E-state index is 12.8. The molecule has 118 valence electrons. The van der Waals surface area contributed by atoms with Gasteiger partial charge >= 0.3 is 0 Å². The van der Waals surface area contributed by atoms with E-state index in [-0.39, 0.29) is 22.9 Å². The van der Waals surface area contributed by atoms with E-state index in [2.05, 4.69) is 0 Å². The molecule has 4 nitrogen and oxygen atoms in total. The average Bonchev–Trinajstić information content (AvgIpc) is 3.28. The maximum Gasteiger partial charge on any atom is 0.212 e. The fraction of sp³-hybridized carbons (Fsp3) is 0.0556. The first-order chi connectivity index (χ1) is 11.6. The highest BCUT2D eigenvalue weighted by atomic mass is 32.1. The van der Waals surface area contributed by atoms with E-state index in [0.717, 1.165) is 11.3 Å². The van der Waals surface area contributed by atoms with Crippen molar-refractivity contribution in [2.45, 2.75) is 0 Å². The van der Waals surface area contributed by atoms with Crippen molar-refractivity contribution in [2.75, 3.05) is 7.11 Å². The third-order valence-corrected chi connectivity index (χ3v) is 5.87. The minimum Gasteiger partial charge on any atom is -0.496 e. The fourth-order valence-electron chi connectivity index (χ4n) is 2.75. The smallest absolute Gasteiger partial charge is 0.212 e. The molecular formula is C18H10O4S2. The number of rotatable bonds is 3. The highest BCUT2D eigenvalue weighted by molar-refractivity contribution is 7.18. The number of thiophene rings is 2. The summed E-state index contributed by atoms with van der Waals surface area (Å²) in [4.78, 5) is 39.4. The standard InChI is InChI=1S/C18H10O4S2/c1-22-11-5-2-4-9-14(11)17(21)18-10(15(9)19)8-13(24-18)16(20)12-6-3-7-23-12/h2-8H,1H3. The van der Waals surface area contributed by atoms with Gasteiger partial charge in [-0.15, -0.1) is 22.7 Å². The summed E-state index contributed by atoms with van der Waals surface area (Å²) in [5, 5.41) is 1.82. The summed E-state index contributed by atoms with van der Waals surface area (Å²) in [6, 6.07) is 10.00. The Balaban J connectivity index is 1.86. The van der Waals surface area contributed by atoms with Crippen LogP contribution in [0.2, 0.25) is 0 Å². The number of ether oxygens (including phenoxy) is 1. The van der Waals surface area contributed by atoms with Crippen molar-refractivity contribution in [3.05, 3.63) is 73.1 Å². The molecule has 0 fully saturated rings. The van der Waals surface area contributed by atoms with Crippen LogP contribution in [0, 0.1) is 0 Å². The molecule has 0 radical (unpaired) electrons. The van der Waals surface area contributed by atoms with Crippen LogP contribution in [-0.4, -0.2) is 24.5 Å². The molecule has 0 aliphatic heterocycles. The molecule has 0 bridgehead atoms. The SMILES string of the molecule is COc1cccc2c1C(=O)c1sc(C(=O)c3cccs3)cc1C2=O. The monoisotopic (exact) mass is 354 g/mol. The van der Waals surface area contributed by atoms with E-state index in [0.29, 0.717) is 31.5 Å². The van der Waals surface area contributed by atoms with Crippen LogP contribution in [0.25, 0.3) is 0 Å². The van der Waals surface area contributed by atoms with E-state index >= 15 is 0 Å². The van der Waals surface area contributed by atoms with Crippen LogP contribution in [0.1, 0.15) is 45.7 Å². The molecule has 1 aliphatic rings. The summed E-state index contributed by atoms with van der Waals surface area (Å²) in [6.45, 7) is 0. The van der Waals surface area contributed by atoms with E-state index in [4.69, 9.17) is 4.74 Å². The van der Waals surface area contributed by atoms with Gasteiger partial charge in [0.2, 0.25) is 11.6 Å². The van der Waals surface area contributed by atoms with Crippen molar-refractivity contribution in [3.63, 3.8) is 0 Å². The Morgan fingerprint density at radius 2 is 1.83 bits per heavy atom. The fourth-order valence-corrected chi connectivity index (χ4v) is 4.55. The minimum absolute atomic E-state index is 0.166. The topological polar surface area (TPSA) is 60.4 Å². The van der Waals surface area contributed by atoms with Gasteiger partial charge in [0.25, 0.3) is 0 Å². The number of hydrogen-bond acceptors (Lipinski definition) is 6. The highest BCUT2D eigenvalue weighted by Crippen LogP contribution is 2.37. The van der Waals surface area contributed by atoms with Crippen molar-refractivity contribution >= 4 is 40.0 Å². The molecule has 0 unspecified atom stereocenters. The Hall–Kier alpha value is -2.57. The lowest BCUT2D eigenvalue weighted by Crippen LogP contribution is -2.19. The van der Waals surface area contributed by atoms with E-state index in [1.54, 1.807) is 30.3 Å². The number of methoxy groups -OCH3 is 1. The van der Waals surface area contributed by atoms with E-state index in [1.807, 2.05) is 5.38 Å². The molecule has 1 aliphatic carbocycles. The van der Waals surface area contributed by atoms with Gasteiger partial charge < -0.3 is 4.74 Å². The lowest BCUT2D eigenvalue weighted by atomic mass is 9.88. The minimum atomic E-state index is -0.271. The molecule has 24 heavy (non-hydrogen) atoms. The van der Waals surface area contributed by atoms with Gasteiger partial charge in [-0.3, -0.25) is 14.4 Å². The third kappa shape index (κ3) is 2.07. The molecule has 1 aromatic carbocycles. The molecule has 0 atom stereocenters. The molecule has 0 N–H and O–H groups in total. The third-order valence-electron chi connectivity index (χ3n) is 3.87. The first kappa shape index (κ1) is 15.0. The maximum absolute atomic E-state index is 12.8. The summed E-state index contributed by atoms with van der Waals surface area (Å²) in [5.74, 6) is -0.315. The summed E-state index contributed by atoms with van der Waals surface area (Å²) < 4.78 is 5.23. The number of ketones is 3. The van der Waals surface area contributed by atoms with Gasteiger partial charge in [0.05, 0.1) is 27.3 Å². The predicted octanol–water partition coefficient (Wildman–Crippen LogP) is 3.82. The molecular weight excluding hydrogens is 344 g/mol. The Morgan fingerprint density at radius 3 is 2.54 bits per heavy atom. The summed E-state index contributed by atoms with van der Waals surface area (Å²) >= 11 is 2.40. The van der Waals surface area contributed by atoms with Crippen LogP contribution >= 0.6 is 22.7 Å². The van der Waals surface area contributed by atoms with Crippen molar-refractivity contribution in [2.24, 2.45) is 0 Å². The van der Waals surface area contributed by atoms with E-state index in [9.17, 15) is 14.4 Å². The average molecular weight is 354 g/mol. The summed E-state index contributed by atoms with van der Waals surface area (Å²) in [5.41, 5.74) is 0.889. The van der Waals surface area contributed by atoms with Crippen LogP contribution in [0.5, 0.6) is 5.75 Å². The number of carbonyl (C=O) groups excluding carboxylic acids is 3. The van der Waals surface area contributed by atoms with Gasteiger partial charge in [-0.1, -0.05) is 18.2 Å². The van der Waals surface area contributed by atoms with Crippen LogP contribution in [0.3, 0.4) is 0 Å². The van der Waals surface area contributed by atoms with Gasteiger partial charge in [-0.05, 0) is 23.6 Å². The number of carbonyl (C=O) groups is 3. The van der Waals surface area contributed by atoms with Crippen molar-refractivity contribution in [1.29, 1.82) is 0 Å². The van der Waals surface area contributed by atoms with Crippen LogP contribution in [0.4, 0.5) is 0 Å². The van der Waals surface area contributed by atoms with Crippen LogP contribution in [0.15, 0.2) is 41.8 Å². The Morgan fingerprint density at radius 1 is 1.00 bits per heavy atom. The Labute approximate surface area is 145 Å². The lowest BCUT2D eigenvalue weighted by molar-refractivity contribution is 0.0980. The first-order valence-electron chi connectivity index (χ1n) is 7.10. The van der Waals surface area contributed by atoms with Gasteiger partial charge in [-0.2, -0.15) is 0 Å².